The number of hydrogen-bond donors (Lipinski definition) is 1. The molecule has 3 fully saturated rings. The van der Waals surface area contributed by atoms with Crippen LogP contribution in [0, 0.1) is 12.3 Å². The summed E-state index contributed by atoms with van der Waals surface area (Å²) >= 11 is 0. The molecule has 5 heteroatoms. The van der Waals surface area contributed by atoms with Gasteiger partial charge in [-0.05, 0) is 38.6 Å². The lowest BCUT2D eigenvalue weighted by Crippen LogP contribution is -2.52. The van der Waals surface area contributed by atoms with E-state index in [0.717, 1.165) is 32.4 Å². The summed E-state index contributed by atoms with van der Waals surface area (Å²) < 4.78 is 5.64. The SMILES string of the molecule is C#CCN(CC1CCCO1)C(=O)NC1CCN2CCCCC12. The Hall–Kier alpha value is -1.25. The molecule has 2 amide bonds. The molecule has 3 unspecified atom stereocenters. The first-order valence-corrected chi connectivity index (χ1v) is 8.62. The minimum absolute atomic E-state index is 0.0223. The van der Waals surface area contributed by atoms with Gasteiger partial charge in [-0.2, -0.15) is 0 Å². The van der Waals surface area contributed by atoms with Crippen LogP contribution in [0.15, 0.2) is 0 Å². The van der Waals surface area contributed by atoms with Crippen LogP contribution in [0.2, 0.25) is 0 Å². The second-order valence-corrected chi connectivity index (χ2v) is 6.66. The summed E-state index contributed by atoms with van der Waals surface area (Å²) in [6.07, 6.45) is 12.5. The first-order valence-electron chi connectivity index (χ1n) is 8.62. The summed E-state index contributed by atoms with van der Waals surface area (Å²) in [5, 5.41) is 3.23. The number of rotatable bonds is 4. The highest BCUT2D eigenvalue weighted by atomic mass is 16.5. The molecular weight excluding hydrogens is 278 g/mol. The summed E-state index contributed by atoms with van der Waals surface area (Å²) in [6.45, 7) is 4.05. The summed E-state index contributed by atoms with van der Waals surface area (Å²) in [7, 11) is 0. The van der Waals surface area contributed by atoms with Crippen LogP contribution in [0.1, 0.15) is 38.5 Å². The van der Waals surface area contributed by atoms with Crippen LogP contribution in [0.3, 0.4) is 0 Å². The molecular formula is C17H27N3O2. The summed E-state index contributed by atoms with van der Waals surface area (Å²) in [6, 6.07) is 0.775. The summed E-state index contributed by atoms with van der Waals surface area (Å²) in [4.78, 5) is 16.9. The minimum Gasteiger partial charge on any atom is -0.376 e. The van der Waals surface area contributed by atoms with Crippen LogP contribution in [-0.2, 0) is 4.74 Å². The van der Waals surface area contributed by atoms with Crippen molar-refractivity contribution in [3.8, 4) is 12.3 Å². The number of amides is 2. The van der Waals surface area contributed by atoms with Crippen molar-refractivity contribution in [2.45, 2.75) is 56.7 Å². The molecule has 3 saturated heterocycles. The maximum Gasteiger partial charge on any atom is 0.318 e. The van der Waals surface area contributed by atoms with Crippen molar-refractivity contribution < 1.29 is 9.53 Å². The van der Waals surface area contributed by atoms with Crippen molar-refractivity contribution in [1.82, 2.24) is 15.1 Å². The Kier molecular flexibility index (Phi) is 5.22. The van der Waals surface area contributed by atoms with Crippen LogP contribution in [0.5, 0.6) is 0 Å². The number of ether oxygens (including phenoxy) is 1. The van der Waals surface area contributed by atoms with Gasteiger partial charge in [0.25, 0.3) is 0 Å². The Labute approximate surface area is 133 Å². The van der Waals surface area contributed by atoms with E-state index >= 15 is 0 Å². The fourth-order valence-corrected chi connectivity index (χ4v) is 4.03. The normalized spacial score (nSPS) is 31.5. The Morgan fingerprint density at radius 1 is 1.27 bits per heavy atom. The first kappa shape index (κ1) is 15.6. The van der Waals surface area contributed by atoms with Crippen LogP contribution in [0.4, 0.5) is 4.79 Å². The lowest BCUT2D eigenvalue weighted by Gasteiger charge is -2.33. The van der Waals surface area contributed by atoms with Crippen molar-refractivity contribution in [2.75, 3.05) is 32.8 Å². The zero-order valence-corrected chi connectivity index (χ0v) is 13.3. The second-order valence-electron chi connectivity index (χ2n) is 6.66. The molecule has 3 aliphatic heterocycles. The van der Waals surface area contributed by atoms with Gasteiger partial charge in [-0.3, -0.25) is 4.90 Å². The quantitative estimate of drug-likeness (QED) is 0.799. The number of piperidine rings is 1. The third-order valence-corrected chi connectivity index (χ3v) is 5.18. The maximum atomic E-state index is 12.6. The Bertz CT molecular complexity index is 428. The number of fused-ring (bicyclic) bond motifs is 1. The molecule has 3 aliphatic rings. The van der Waals surface area contributed by atoms with Crippen molar-refractivity contribution in [2.24, 2.45) is 0 Å². The van der Waals surface area contributed by atoms with Crippen molar-refractivity contribution in [3.05, 3.63) is 0 Å². The molecule has 0 spiro atoms. The van der Waals surface area contributed by atoms with Gasteiger partial charge in [0.2, 0.25) is 0 Å². The number of hydrogen-bond acceptors (Lipinski definition) is 3. The van der Waals surface area contributed by atoms with Crippen LogP contribution in [0.25, 0.3) is 0 Å². The highest BCUT2D eigenvalue weighted by Gasteiger charge is 2.37. The Morgan fingerprint density at radius 3 is 2.95 bits per heavy atom. The first-order chi connectivity index (χ1) is 10.8. The molecule has 0 radical (unpaired) electrons. The van der Waals surface area contributed by atoms with E-state index in [2.05, 4.69) is 16.1 Å². The van der Waals surface area contributed by atoms with E-state index in [1.165, 1.54) is 25.8 Å². The van der Waals surface area contributed by atoms with Gasteiger partial charge >= 0.3 is 6.03 Å². The molecule has 0 aromatic heterocycles. The number of carbonyl (C=O) groups excluding carboxylic acids is 1. The van der Waals surface area contributed by atoms with Crippen molar-refractivity contribution in [1.29, 1.82) is 0 Å². The maximum absolute atomic E-state index is 12.6. The average Bonchev–Trinajstić information content (AvgIpc) is 3.17. The van der Waals surface area contributed by atoms with Crippen molar-refractivity contribution >= 4 is 6.03 Å². The molecule has 1 N–H and O–H groups in total. The third kappa shape index (κ3) is 3.56. The fourth-order valence-electron chi connectivity index (χ4n) is 4.03. The Balaban J connectivity index is 1.55. The van der Waals surface area contributed by atoms with E-state index in [9.17, 15) is 4.79 Å². The third-order valence-electron chi connectivity index (χ3n) is 5.18. The van der Waals surface area contributed by atoms with Crippen LogP contribution in [-0.4, -0.2) is 66.8 Å². The molecule has 122 valence electrons. The number of urea groups is 1. The van der Waals surface area contributed by atoms with Crippen LogP contribution >= 0.6 is 0 Å². The van der Waals surface area contributed by atoms with Gasteiger partial charge in [-0.1, -0.05) is 12.3 Å². The van der Waals surface area contributed by atoms with Gasteiger partial charge in [-0.25, -0.2) is 4.79 Å². The van der Waals surface area contributed by atoms with Gasteiger partial charge < -0.3 is 15.0 Å². The topological polar surface area (TPSA) is 44.8 Å². The largest absolute Gasteiger partial charge is 0.376 e. The van der Waals surface area contributed by atoms with E-state index in [0.29, 0.717) is 19.1 Å². The summed E-state index contributed by atoms with van der Waals surface area (Å²) in [5.41, 5.74) is 0. The molecule has 3 rings (SSSR count). The zero-order valence-electron chi connectivity index (χ0n) is 13.3. The molecule has 0 aromatic carbocycles. The second kappa shape index (κ2) is 7.34. The van der Waals surface area contributed by atoms with E-state index in [1.807, 2.05) is 0 Å². The monoisotopic (exact) mass is 305 g/mol. The highest BCUT2D eigenvalue weighted by Crippen LogP contribution is 2.27. The predicted octanol–water partition coefficient (Wildman–Crippen LogP) is 1.44. The molecule has 22 heavy (non-hydrogen) atoms. The minimum atomic E-state index is -0.0223. The van der Waals surface area contributed by atoms with Gasteiger partial charge in [-0.15, -0.1) is 6.42 Å². The zero-order chi connectivity index (χ0) is 15.4. The van der Waals surface area contributed by atoms with E-state index in [4.69, 9.17) is 11.2 Å². The molecule has 0 bridgehead atoms. The fraction of sp³-hybridized carbons (Fsp3) is 0.824. The van der Waals surface area contributed by atoms with E-state index in [1.54, 1.807) is 4.90 Å². The number of nitrogens with zero attached hydrogens (tertiary/aromatic N) is 2. The molecule has 5 nitrogen and oxygen atoms in total. The number of terminal acetylenes is 1. The highest BCUT2D eigenvalue weighted by molar-refractivity contribution is 5.75. The summed E-state index contributed by atoms with van der Waals surface area (Å²) in [5.74, 6) is 2.60. The molecule has 3 heterocycles. The predicted molar refractivity (Wildman–Crippen MR) is 85.5 cm³/mol. The van der Waals surface area contributed by atoms with E-state index < -0.39 is 0 Å². The number of nitrogens with one attached hydrogen (secondary N) is 1. The number of carbonyl (C=O) groups is 1. The van der Waals surface area contributed by atoms with Gasteiger partial charge in [0.15, 0.2) is 0 Å². The van der Waals surface area contributed by atoms with Crippen LogP contribution < -0.4 is 5.32 Å². The van der Waals surface area contributed by atoms with Gasteiger partial charge in [0.05, 0.1) is 12.6 Å². The van der Waals surface area contributed by atoms with Gasteiger partial charge in [0, 0.05) is 31.8 Å². The Morgan fingerprint density at radius 2 is 2.18 bits per heavy atom. The van der Waals surface area contributed by atoms with Crippen molar-refractivity contribution in [3.63, 3.8) is 0 Å². The smallest absolute Gasteiger partial charge is 0.318 e. The molecule has 3 atom stereocenters. The van der Waals surface area contributed by atoms with Gasteiger partial charge in [0.1, 0.15) is 0 Å². The molecule has 0 saturated carbocycles. The lowest BCUT2D eigenvalue weighted by molar-refractivity contribution is 0.0834. The molecule has 0 aliphatic carbocycles. The molecule has 0 aromatic rings. The average molecular weight is 305 g/mol. The van der Waals surface area contributed by atoms with E-state index in [-0.39, 0.29) is 18.2 Å². The lowest BCUT2D eigenvalue weighted by atomic mass is 9.99. The standard InChI is InChI=1S/C17H27N3O2/c1-2-9-20(13-14-6-5-12-22-14)17(21)18-15-8-11-19-10-4-3-7-16(15)19/h1,14-16H,3-13H2,(H,18,21).